The van der Waals surface area contributed by atoms with Crippen LogP contribution >= 0.6 is 0 Å². The van der Waals surface area contributed by atoms with Gasteiger partial charge in [-0.05, 0) is 70.6 Å². The Hall–Kier alpha value is -2.28. The van der Waals surface area contributed by atoms with E-state index in [1.165, 1.54) is 44.9 Å². The molecule has 0 amide bonds. The molecule has 0 saturated carbocycles. The average Bonchev–Trinajstić information content (AvgIpc) is 3.31. The van der Waals surface area contributed by atoms with Gasteiger partial charge in [-0.1, -0.05) is 134 Å². The van der Waals surface area contributed by atoms with Crippen molar-refractivity contribution in [3.63, 3.8) is 0 Å². The van der Waals surface area contributed by atoms with E-state index in [0.29, 0.717) is 12.8 Å². The predicted molar refractivity (Wildman–Crippen MR) is 252 cm³/mol. The van der Waals surface area contributed by atoms with E-state index in [1.807, 2.05) is 0 Å². The fraction of sp³-hybridized carbons (Fsp3) is 0.843. The van der Waals surface area contributed by atoms with E-state index < -0.39 is 92.7 Å². The lowest BCUT2D eigenvalue weighted by Crippen LogP contribution is -2.61. The van der Waals surface area contributed by atoms with Gasteiger partial charge in [0.15, 0.2) is 18.7 Å². The minimum atomic E-state index is -1.77. The quantitative estimate of drug-likeness (QED) is 0.0188. The number of hydrogen-bond donors (Lipinski definition) is 7. The van der Waals surface area contributed by atoms with E-state index in [4.69, 9.17) is 28.4 Å². The average molecular weight is 943 g/mol. The van der Waals surface area contributed by atoms with Crippen LogP contribution in [0.25, 0.3) is 0 Å². The van der Waals surface area contributed by atoms with Gasteiger partial charge in [-0.15, -0.1) is 0 Å². The third-order valence-corrected chi connectivity index (χ3v) is 12.1. The van der Waals surface area contributed by atoms with E-state index in [1.54, 1.807) is 0 Å². The maximum atomic E-state index is 13.0. The molecule has 66 heavy (non-hydrogen) atoms. The van der Waals surface area contributed by atoms with E-state index in [2.05, 4.69) is 50.3 Å². The number of unbranched alkanes of at least 4 members (excludes halogenated alkanes) is 19. The Labute approximate surface area is 395 Å². The number of carbonyl (C=O) groups excluding carboxylic acids is 2. The minimum absolute atomic E-state index is 0.155. The summed E-state index contributed by atoms with van der Waals surface area (Å²) in [5.41, 5.74) is 0. The molecule has 2 saturated heterocycles. The highest BCUT2D eigenvalue weighted by atomic mass is 16.7. The molecule has 11 atom stereocenters. The van der Waals surface area contributed by atoms with Crippen molar-refractivity contribution in [3.8, 4) is 0 Å². The number of hydrogen-bond acceptors (Lipinski definition) is 15. The molecule has 0 aromatic carbocycles. The molecule has 2 fully saturated rings. The smallest absolute Gasteiger partial charge is 0.306 e. The molecule has 15 heteroatoms. The van der Waals surface area contributed by atoms with Crippen LogP contribution in [-0.4, -0.2) is 142 Å². The Balaban J connectivity index is 1.82. The van der Waals surface area contributed by atoms with Crippen molar-refractivity contribution in [2.24, 2.45) is 0 Å². The van der Waals surface area contributed by atoms with Gasteiger partial charge in [0, 0.05) is 12.8 Å². The highest BCUT2D eigenvalue weighted by molar-refractivity contribution is 5.70. The molecule has 0 aromatic rings. The molecular weight excluding hydrogens is 853 g/mol. The van der Waals surface area contributed by atoms with Crippen LogP contribution in [0.2, 0.25) is 0 Å². The monoisotopic (exact) mass is 943 g/mol. The van der Waals surface area contributed by atoms with Gasteiger partial charge in [0.25, 0.3) is 0 Å². The second-order valence-electron chi connectivity index (χ2n) is 18.0. The second kappa shape index (κ2) is 38.6. The summed E-state index contributed by atoms with van der Waals surface area (Å²) in [5.74, 6) is -0.943. The number of aliphatic hydroxyl groups is 7. The number of allylic oxidation sites excluding steroid dienone is 6. The first-order valence-electron chi connectivity index (χ1n) is 25.6. The van der Waals surface area contributed by atoms with Gasteiger partial charge < -0.3 is 64.2 Å². The summed E-state index contributed by atoms with van der Waals surface area (Å²) in [5, 5.41) is 72.0. The molecule has 0 bridgehead atoms. The molecule has 2 heterocycles. The van der Waals surface area contributed by atoms with Crippen molar-refractivity contribution in [2.45, 2.75) is 248 Å². The van der Waals surface area contributed by atoms with Crippen LogP contribution in [0.5, 0.6) is 0 Å². The number of carbonyl (C=O) groups is 2. The molecule has 0 radical (unpaired) electrons. The fourth-order valence-corrected chi connectivity index (χ4v) is 7.83. The summed E-state index contributed by atoms with van der Waals surface area (Å²) in [6.07, 6.45) is 23.1. The molecule has 11 unspecified atom stereocenters. The van der Waals surface area contributed by atoms with Gasteiger partial charge in [0.05, 0.1) is 19.8 Å². The molecule has 7 N–H and O–H groups in total. The second-order valence-corrected chi connectivity index (χ2v) is 18.0. The lowest BCUT2D eigenvalue weighted by molar-refractivity contribution is -0.332. The normalized spacial score (nSPS) is 26.4. The highest BCUT2D eigenvalue weighted by Crippen LogP contribution is 2.26. The number of rotatable bonds is 39. The Morgan fingerprint density at radius 3 is 1.45 bits per heavy atom. The molecule has 0 aliphatic carbocycles. The maximum absolute atomic E-state index is 13.0. The van der Waals surface area contributed by atoms with Crippen molar-refractivity contribution < 1.29 is 73.8 Å². The lowest BCUT2D eigenvalue weighted by Gasteiger charge is -2.42. The zero-order valence-corrected chi connectivity index (χ0v) is 40.4. The van der Waals surface area contributed by atoms with Crippen LogP contribution in [0.15, 0.2) is 36.5 Å². The van der Waals surface area contributed by atoms with Gasteiger partial charge >= 0.3 is 11.9 Å². The molecule has 2 aliphatic heterocycles. The number of ether oxygens (including phenoxy) is 6. The topological polar surface area (TPSA) is 231 Å². The van der Waals surface area contributed by atoms with E-state index in [-0.39, 0.29) is 26.1 Å². The van der Waals surface area contributed by atoms with Crippen LogP contribution < -0.4 is 0 Å². The lowest BCUT2D eigenvalue weighted by atomic mass is 9.98. The predicted octanol–water partition coefficient (Wildman–Crippen LogP) is 6.93. The van der Waals surface area contributed by atoms with Crippen LogP contribution in [0, 0.1) is 0 Å². The van der Waals surface area contributed by atoms with Crippen molar-refractivity contribution in [1.29, 1.82) is 0 Å². The molecular formula is C51H90O15. The Kier molecular flexibility index (Phi) is 35.0. The zero-order valence-electron chi connectivity index (χ0n) is 40.4. The standard InChI is InChI=1S/C51H90O15/c1-3-5-7-9-11-13-15-17-18-19-20-22-24-26-28-30-32-34-43(54)64-39(36-61-42(53)33-31-29-27-25-23-21-16-14-12-10-8-6-4-2)37-62-50-49(60)47(58)45(56)41(66-50)38-63-51-48(59)46(57)44(55)40(35-52)65-51/h11,13-14,16-18,39-41,44-52,55-60H,3-10,12,15,19-38H2,1-2H3/b13-11-,16-14-,18-17-. The Morgan fingerprint density at radius 2 is 0.909 bits per heavy atom. The first kappa shape index (κ1) is 59.8. The van der Waals surface area contributed by atoms with Gasteiger partial charge in [0.2, 0.25) is 0 Å². The summed E-state index contributed by atoms with van der Waals surface area (Å²) in [6, 6.07) is 0. The number of aliphatic hydroxyl groups excluding tert-OH is 7. The largest absolute Gasteiger partial charge is 0.462 e. The van der Waals surface area contributed by atoms with Crippen LogP contribution in [0.4, 0.5) is 0 Å². The summed E-state index contributed by atoms with van der Waals surface area (Å²) in [4.78, 5) is 25.7. The van der Waals surface area contributed by atoms with Crippen molar-refractivity contribution >= 4 is 11.9 Å². The van der Waals surface area contributed by atoms with Crippen LogP contribution in [0.3, 0.4) is 0 Å². The Bertz CT molecular complexity index is 1290. The maximum Gasteiger partial charge on any atom is 0.306 e. The molecule has 15 nitrogen and oxygen atoms in total. The SMILES string of the molecule is CCCCC/C=C\C/C=C\CCCCCCCCCC(=O)OC(COC(=O)CCCCCCC/C=C\CCCCCC)COC1OC(COC2OC(CO)C(O)C(O)C2O)C(O)C(O)C1O. The third kappa shape index (κ3) is 26.5. The van der Waals surface area contributed by atoms with E-state index in [0.717, 1.165) is 96.3 Å². The fourth-order valence-electron chi connectivity index (χ4n) is 7.83. The summed E-state index contributed by atoms with van der Waals surface area (Å²) < 4.78 is 33.5. The minimum Gasteiger partial charge on any atom is -0.462 e. The summed E-state index contributed by atoms with van der Waals surface area (Å²) in [6.45, 7) is 2.53. The van der Waals surface area contributed by atoms with E-state index >= 15 is 0 Å². The first-order chi connectivity index (χ1) is 32.0. The summed E-state index contributed by atoms with van der Waals surface area (Å²) >= 11 is 0. The first-order valence-corrected chi connectivity index (χ1v) is 25.6. The molecule has 384 valence electrons. The van der Waals surface area contributed by atoms with Gasteiger partial charge in [-0.2, -0.15) is 0 Å². The van der Waals surface area contributed by atoms with Crippen LogP contribution in [-0.2, 0) is 38.0 Å². The number of esters is 2. The molecule has 2 aliphatic rings. The highest BCUT2D eigenvalue weighted by Gasteiger charge is 2.47. The molecule has 2 rings (SSSR count). The Morgan fingerprint density at radius 1 is 0.485 bits per heavy atom. The zero-order chi connectivity index (χ0) is 48.2. The third-order valence-electron chi connectivity index (χ3n) is 12.1. The van der Waals surface area contributed by atoms with E-state index in [9.17, 15) is 45.3 Å². The van der Waals surface area contributed by atoms with Crippen molar-refractivity contribution in [3.05, 3.63) is 36.5 Å². The molecule has 0 spiro atoms. The van der Waals surface area contributed by atoms with Crippen molar-refractivity contribution in [1.82, 2.24) is 0 Å². The van der Waals surface area contributed by atoms with Gasteiger partial charge in [-0.3, -0.25) is 9.59 Å². The molecule has 0 aromatic heterocycles. The van der Waals surface area contributed by atoms with Gasteiger partial charge in [-0.25, -0.2) is 0 Å². The van der Waals surface area contributed by atoms with Crippen molar-refractivity contribution in [2.75, 3.05) is 26.4 Å². The van der Waals surface area contributed by atoms with Gasteiger partial charge in [0.1, 0.15) is 55.4 Å². The summed E-state index contributed by atoms with van der Waals surface area (Å²) in [7, 11) is 0. The van der Waals surface area contributed by atoms with Crippen LogP contribution in [0.1, 0.15) is 181 Å².